The van der Waals surface area contributed by atoms with Crippen molar-refractivity contribution >= 4 is 34.9 Å². The Labute approximate surface area is 122 Å². The summed E-state index contributed by atoms with van der Waals surface area (Å²) in [5.41, 5.74) is -0.111. The molecule has 0 aromatic heterocycles. The molecule has 1 atom stereocenters. The Hall–Kier alpha value is -1.00. The molecule has 1 rings (SSSR count). The minimum atomic E-state index is -0.682. The second kappa shape index (κ2) is 5.97. The van der Waals surface area contributed by atoms with E-state index in [9.17, 15) is 9.18 Å². The molecule has 0 aliphatic carbocycles. The Kier molecular flexibility index (Phi) is 5.04. The lowest BCUT2D eigenvalue weighted by Gasteiger charge is -2.23. The second-order valence-electron chi connectivity index (χ2n) is 5.15. The first-order valence-corrected chi connectivity index (χ1v) is 6.49. The van der Waals surface area contributed by atoms with Crippen molar-refractivity contribution in [2.45, 2.75) is 39.3 Å². The van der Waals surface area contributed by atoms with Crippen LogP contribution in [0.1, 0.15) is 27.7 Å². The van der Waals surface area contributed by atoms with E-state index in [2.05, 4.69) is 5.32 Å². The molecule has 1 unspecified atom stereocenters. The van der Waals surface area contributed by atoms with E-state index in [1.165, 1.54) is 12.1 Å². The summed E-state index contributed by atoms with van der Waals surface area (Å²) >= 11 is 11.3. The maximum atomic E-state index is 13.2. The molecule has 19 heavy (non-hydrogen) atoms. The SMILES string of the molecule is CC(Nc1cc(Cl)c(F)c(Cl)c1)C(=O)OC(C)(C)C. The molecule has 3 nitrogen and oxygen atoms in total. The highest BCUT2D eigenvalue weighted by molar-refractivity contribution is 6.35. The van der Waals surface area contributed by atoms with Gasteiger partial charge in [-0.05, 0) is 39.8 Å². The van der Waals surface area contributed by atoms with E-state index in [0.717, 1.165) is 0 Å². The molecular weight excluding hydrogens is 292 g/mol. The zero-order valence-electron chi connectivity index (χ0n) is 11.2. The van der Waals surface area contributed by atoms with Gasteiger partial charge in [0.1, 0.15) is 11.6 Å². The number of hydrogen-bond donors (Lipinski definition) is 1. The number of nitrogens with one attached hydrogen (secondary N) is 1. The lowest BCUT2D eigenvalue weighted by Crippen LogP contribution is -2.34. The van der Waals surface area contributed by atoms with E-state index in [4.69, 9.17) is 27.9 Å². The summed E-state index contributed by atoms with van der Waals surface area (Å²) < 4.78 is 18.5. The van der Waals surface area contributed by atoms with E-state index in [1.807, 2.05) is 0 Å². The number of esters is 1. The maximum absolute atomic E-state index is 13.2. The molecule has 0 aliphatic heterocycles. The van der Waals surface area contributed by atoms with Crippen molar-refractivity contribution in [1.29, 1.82) is 0 Å². The smallest absolute Gasteiger partial charge is 0.328 e. The lowest BCUT2D eigenvalue weighted by atomic mass is 10.2. The zero-order valence-corrected chi connectivity index (χ0v) is 12.7. The summed E-state index contributed by atoms with van der Waals surface area (Å²) in [5.74, 6) is -1.09. The van der Waals surface area contributed by atoms with Crippen molar-refractivity contribution in [3.05, 3.63) is 28.0 Å². The summed E-state index contributed by atoms with van der Waals surface area (Å²) in [6.45, 7) is 6.98. The van der Waals surface area contributed by atoms with Crippen molar-refractivity contribution in [3.63, 3.8) is 0 Å². The van der Waals surface area contributed by atoms with E-state index < -0.39 is 23.4 Å². The van der Waals surface area contributed by atoms with Crippen LogP contribution in [0.5, 0.6) is 0 Å². The van der Waals surface area contributed by atoms with Crippen LogP contribution in [0.3, 0.4) is 0 Å². The van der Waals surface area contributed by atoms with E-state index in [-0.39, 0.29) is 10.0 Å². The predicted molar refractivity (Wildman–Crippen MR) is 75.3 cm³/mol. The number of halogens is 3. The average Bonchev–Trinajstić information content (AvgIpc) is 2.23. The van der Waals surface area contributed by atoms with Gasteiger partial charge in [-0.2, -0.15) is 0 Å². The number of hydrogen-bond acceptors (Lipinski definition) is 3. The van der Waals surface area contributed by atoms with E-state index in [1.54, 1.807) is 27.7 Å². The Morgan fingerprint density at radius 1 is 1.32 bits per heavy atom. The summed E-state index contributed by atoms with van der Waals surface area (Å²) in [7, 11) is 0. The first-order valence-electron chi connectivity index (χ1n) is 5.74. The van der Waals surface area contributed by atoms with Crippen LogP contribution in [0.25, 0.3) is 0 Å². The molecule has 0 saturated carbocycles. The van der Waals surface area contributed by atoms with Gasteiger partial charge in [0.25, 0.3) is 0 Å². The van der Waals surface area contributed by atoms with Crippen LogP contribution < -0.4 is 5.32 Å². The first-order chi connectivity index (χ1) is 8.60. The fraction of sp³-hybridized carbons (Fsp3) is 0.462. The van der Waals surface area contributed by atoms with Crippen LogP contribution in [0, 0.1) is 5.82 Å². The van der Waals surface area contributed by atoms with E-state index in [0.29, 0.717) is 5.69 Å². The Balaban J connectivity index is 2.77. The Bertz CT molecular complexity index is 463. The van der Waals surface area contributed by atoms with E-state index >= 15 is 0 Å². The molecule has 0 fully saturated rings. The van der Waals surface area contributed by atoms with Gasteiger partial charge in [0.2, 0.25) is 0 Å². The maximum Gasteiger partial charge on any atom is 0.328 e. The van der Waals surface area contributed by atoms with Crippen LogP contribution in [0.4, 0.5) is 10.1 Å². The predicted octanol–water partition coefficient (Wildman–Crippen LogP) is 4.27. The van der Waals surface area contributed by atoms with Crippen molar-refractivity contribution in [3.8, 4) is 0 Å². The molecule has 0 spiro atoms. The highest BCUT2D eigenvalue weighted by atomic mass is 35.5. The second-order valence-corrected chi connectivity index (χ2v) is 5.97. The van der Waals surface area contributed by atoms with Crippen LogP contribution in [-0.4, -0.2) is 17.6 Å². The van der Waals surface area contributed by atoms with Gasteiger partial charge in [0.05, 0.1) is 10.0 Å². The van der Waals surface area contributed by atoms with Crippen molar-refractivity contribution in [1.82, 2.24) is 0 Å². The van der Waals surface area contributed by atoms with Gasteiger partial charge < -0.3 is 10.1 Å². The lowest BCUT2D eigenvalue weighted by molar-refractivity contribution is -0.155. The quantitative estimate of drug-likeness (QED) is 0.669. The number of carbonyl (C=O) groups excluding carboxylic acids is 1. The average molecular weight is 308 g/mol. The normalized spacial score (nSPS) is 13.0. The summed E-state index contributed by atoms with van der Waals surface area (Å²) in [5, 5.41) is 2.65. The minimum Gasteiger partial charge on any atom is -0.458 e. The van der Waals surface area contributed by atoms with Gasteiger partial charge in [0, 0.05) is 5.69 Å². The molecular formula is C13H16Cl2FNO2. The van der Waals surface area contributed by atoms with Gasteiger partial charge in [-0.3, -0.25) is 0 Å². The molecule has 0 heterocycles. The minimum absolute atomic E-state index is 0.105. The summed E-state index contributed by atoms with van der Waals surface area (Å²) in [6, 6.07) is 2.13. The third-order valence-corrected chi connectivity index (χ3v) is 2.68. The fourth-order valence-electron chi connectivity index (χ4n) is 1.34. The number of rotatable bonds is 3. The topological polar surface area (TPSA) is 38.3 Å². The highest BCUT2D eigenvalue weighted by Crippen LogP contribution is 2.27. The standard InChI is InChI=1S/C13H16Cl2FNO2/c1-7(12(18)19-13(2,3)4)17-8-5-9(14)11(16)10(15)6-8/h5-7,17H,1-4H3. The zero-order chi connectivity index (χ0) is 14.8. The number of benzene rings is 1. The van der Waals surface area contributed by atoms with Gasteiger partial charge in [-0.1, -0.05) is 23.2 Å². The Morgan fingerprint density at radius 2 is 1.79 bits per heavy atom. The van der Waals surface area contributed by atoms with Crippen LogP contribution in [0.15, 0.2) is 12.1 Å². The highest BCUT2D eigenvalue weighted by Gasteiger charge is 2.22. The van der Waals surface area contributed by atoms with Gasteiger partial charge in [-0.15, -0.1) is 0 Å². The third-order valence-electron chi connectivity index (χ3n) is 2.13. The van der Waals surface area contributed by atoms with Crippen LogP contribution in [-0.2, 0) is 9.53 Å². The van der Waals surface area contributed by atoms with Gasteiger partial charge in [-0.25, -0.2) is 9.18 Å². The van der Waals surface area contributed by atoms with Crippen LogP contribution >= 0.6 is 23.2 Å². The number of anilines is 1. The monoisotopic (exact) mass is 307 g/mol. The van der Waals surface area contributed by atoms with Crippen molar-refractivity contribution < 1.29 is 13.9 Å². The number of ether oxygens (including phenoxy) is 1. The molecule has 0 amide bonds. The molecule has 1 aromatic rings. The largest absolute Gasteiger partial charge is 0.458 e. The molecule has 1 aromatic carbocycles. The molecule has 106 valence electrons. The van der Waals surface area contributed by atoms with Crippen LogP contribution in [0.2, 0.25) is 10.0 Å². The van der Waals surface area contributed by atoms with Crippen molar-refractivity contribution in [2.24, 2.45) is 0 Å². The third kappa shape index (κ3) is 4.88. The van der Waals surface area contributed by atoms with Gasteiger partial charge in [0.15, 0.2) is 5.82 Å². The molecule has 0 bridgehead atoms. The molecule has 6 heteroatoms. The molecule has 0 aliphatic rings. The molecule has 0 radical (unpaired) electrons. The molecule has 0 saturated heterocycles. The molecule has 1 N–H and O–H groups in total. The van der Waals surface area contributed by atoms with Crippen molar-refractivity contribution in [2.75, 3.05) is 5.32 Å². The van der Waals surface area contributed by atoms with Gasteiger partial charge >= 0.3 is 5.97 Å². The Morgan fingerprint density at radius 3 is 2.21 bits per heavy atom. The fourth-order valence-corrected chi connectivity index (χ4v) is 1.83. The number of carbonyl (C=O) groups is 1. The summed E-state index contributed by atoms with van der Waals surface area (Å²) in [6.07, 6.45) is 0. The first kappa shape index (κ1) is 16.1. The summed E-state index contributed by atoms with van der Waals surface area (Å²) in [4.78, 5) is 11.8.